The van der Waals surface area contributed by atoms with Gasteiger partial charge in [0.2, 0.25) is 5.88 Å². The van der Waals surface area contributed by atoms with Crippen LogP contribution in [0.25, 0.3) is 0 Å². The number of hydrogen-bond donors (Lipinski definition) is 1. The minimum absolute atomic E-state index is 0.0494. The number of nitrogens with zero attached hydrogens (tertiary/aromatic N) is 2. The molecule has 0 aliphatic heterocycles. The molecule has 0 spiro atoms. The van der Waals surface area contributed by atoms with Crippen molar-refractivity contribution in [3.8, 4) is 5.88 Å². The van der Waals surface area contributed by atoms with E-state index in [1.165, 1.54) is 12.3 Å². The first-order valence-electron chi connectivity index (χ1n) is 6.60. The van der Waals surface area contributed by atoms with Gasteiger partial charge in [-0.3, -0.25) is 4.90 Å². The molecule has 0 aromatic carbocycles. The zero-order valence-electron chi connectivity index (χ0n) is 12.3. The Bertz CT molecular complexity index is 456. The highest BCUT2D eigenvalue weighted by molar-refractivity contribution is 6.32. The van der Waals surface area contributed by atoms with Crippen LogP contribution < -0.4 is 4.74 Å². The standard InChI is InChI=1S/C14H21ClN2O3/c1-9(2)17(10(3)4)5-6-20-13-12(15)7-11(8-16-13)14(18)19/h7-10H,5-6H2,1-4H3,(H,18,19). The second kappa shape index (κ2) is 7.45. The maximum atomic E-state index is 10.8. The average Bonchev–Trinajstić information content (AvgIpc) is 2.34. The van der Waals surface area contributed by atoms with Gasteiger partial charge < -0.3 is 9.84 Å². The number of carboxylic acid groups (broad SMARTS) is 1. The number of rotatable bonds is 7. The van der Waals surface area contributed by atoms with E-state index < -0.39 is 5.97 Å². The van der Waals surface area contributed by atoms with Crippen molar-refractivity contribution in [3.05, 3.63) is 22.8 Å². The minimum atomic E-state index is -1.06. The number of carbonyl (C=O) groups is 1. The van der Waals surface area contributed by atoms with Crippen LogP contribution >= 0.6 is 11.6 Å². The first kappa shape index (κ1) is 16.7. The van der Waals surface area contributed by atoms with Crippen LogP contribution in [0.1, 0.15) is 38.1 Å². The third-order valence-corrected chi connectivity index (χ3v) is 3.24. The van der Waals surface area contributed by atoms with E-state index in [0.29, 0.717) is 18.7 Å². The monoisotopic (exact) mass is 300 g/mol. The van der Waals surface area contributed by atoms with E-state index >= 15 is 0 Å². The van der Waals surface area contributed by atoms with Crippen LogP contribution in [0, 0.1) is 0 Å². The van der Waals surface area contributed by atoms with E-state index in [1.54, 1.807) is 0 Å². The molecule has 1 aromatic heterocycles. The van der Waals surface area contributed by atoms with Gasteiger partial charge in [-0.05, 0) is 33.8 Å². The minimum Gasteiger partial charge on any atom is -0.478 e. The number of aromatic carboxylic acids is 1. The molecule has 6 heteroatoms. The summed E-state index contributed by atoms with van der Waals surface area (Å²) in [5, 5.41) is 9.04. The quantitative estimate of drug-likeness (QED) is 0.839. The van der Waals surface area contributed by atoms with Crippen LogP contribution in [0.3, 0.4) is 0 Å². The third-order valence-electron chi connectivity index (χ3n) is 2.97. The highest BCUT2D eigenvalue weighted by atomic mass is 35.5. The molecule has 0 fully saturated rings. The molecule has 1 heterocycles. The summed E-state index contributed by atoms with van der Waals surface area (Å²) in [6.45, 7) is 9.74. The number of hydrogen-bond acceptors (Lipinski definition) is 4. The van der Waals surface area contributed by atoms with Crippen molar-refractivity contribution in [1.82, 2.24) is 9.88 Å². The molecule has 1 aromatic rings. The lowest BCUT2D eigenvalue weighted by molar-refractivity contribution is 0.0696. The summed E-state index contributed by atoms with van der Waals surface area (Å²) >= 11 is 5.95. The lowest BCUT2D eigenvalue weighted by Gasteiger charge is -2.30. The van der Waals surface area contributed by atoms with Crippen molar-refractivity contribution in [2.24, 2.45) is 0 Å². The maximum absolute atomic E-state index is 10.8. The fourth-order valence-electron chi connectivity index (χ4n) is 2.01. The lowest BCUT2D eigenvalue weighted by atomic mass is 10.2. The normalized spacial score (nSPS) is 11.4. The highest BCUT2D eigenvalue weighted by Gasteiger charge is 2.14. The predicted octanol–water partition coefficient (Wildman–Crippen LogP) is 2.93. The summed E-state index contributed by atoms with van der Waals surface area (Å²) in [7, 11) is 0. The van der Waals surface area contributed by atoms with Gasteiger partial charge in [-0.1, -0.05) is 11.6 Å². The first-order valence-corrected chi connectivity index (χ1v) is 6.98. The smallest absolute Gasteiger partial charge is 0.337 e. The van der Waals surface area contributed by atoms with Gasteiger partial charge in [0, 0.05) is 24.8 Å². The summed E-state index contributed by atoms with van der Waals surface area (Å²) < 4.78 is 5.52. The summed E-state index contributed by atoms with van der Waals surface area (Å²) in [6, 6.07) is 2.20. The van der Waals surface area contributed by atoms with Crippen molar-refractivity contribution < 1.29 is 14.6 Å². The van der Waals surface area contributed by atoms with E-state index in [-0.39, 0.29) is 16.5 Å². The Morgan fingerprint density at radius 1 is 1.40 bits per heavy atom. The van der Waals surface area contributed by atoms with Crippen LogP contribution in [-0.2, 0) is 0 Å². The van der Waals surface area contributed by atoms with Crippen LogP contribution in [0.15, 0.2) is 12.3 Å². The number of pyridine rings is 1. The van der Waals surface area contributed by atoms with E-state index in [2.05, 4.69) is 37.6 Å². The van der Waals surface area contributed by atoms with Crippen LogP contribution in [0.5, 0.6) is 5.88 Å². The van der Waals surface area contributed by atoms with Gasteiger partial charge in [-0.2, -0.15) is 0 Å². The van der Waals surface area contributed by atoms with E-state index in [4.69, 9.17) is 21.4 Å². The molecule has 20 heavy (non-hydrogen) atoms. The van der Waals surface area contributed by atoms with Crippen molar-refractivity contribution in [3.63, 3.8) is 0 Å². The zero-order chi connectivity index (χ0) is 15.3. The molecule has 0 amide bonds. The topological polar surface area (TPSA) is 62.7 Å². The van der Waals surface area contributed by atoms with Gasteiger partial charge in [0.1, 0.15) is 11.6 Å². The summed E-state index contributed by atoms with van der Waals surface area (Å²) in [5.74, 6) is -0.791. The number of halogens is 1. The Balaban J connectivity index is 2.60. The fourth-order valence-corrected chi connectivity index (χ4v) is 2.23. The first-order chi connectivity index (χ1) is 9.32. The van der Waals surface area contributed by atoms with Crippen molar-refractivity contribution in [1.29, 1.82) is 0 Å². The van der Waals surface area contributed by atoms with Crippen LogP contribution in [0.4, 0.5) is 0 Å². The molecule has 0 aliphatic rings. The number of aromatic nitrogens is 1. The zero-order valence-corrected chi connectivity index (χ0v) is 13.0. The average molecular weight is 301 g/mol. The van der Waals surface area contributed by atoms with Gasteiger partial charge in [-0.15, -0.1) is 0 Å². The molecule has 0 saturated heterocycles. The van der Waals surface area contributed by atoms with Gasteiger partial charge in [0.05, 0.1) is 5.56 Å². The molecule has 1 rings (SSSR count). The van der Waals surface area contributed by atoms with Crippen LogP contribution in [0.2, 0.25) is 5.02 Å². The number of carboxylic acids is 1. The van der Waals surface area contributed by atoms with Gasteiger partial charge in [0.25, 0.3) is 0 Å². The molecule has 5 nitrogen and oxygen atoms in total. The van der Waals surface area contributed by atoms with Gasteiger partial charge >= 0.3 is 5.97 Å². The lowest BCUT2D eigenvalue weighted by Crippen LogP contribution is -2.39. The summed E-state index contributed by atoms with van der Waals surface area (Å²) in [6.07, 6.45) is 1.24. The molecular weight excluding hydrogens is 280 g/mol. The third kappa shape index (κ3) is 4.65. The SMILES string of the molecule is CC(C)N(CCOc1ncc(C(=O)O)cc1Cl)C(C)C. The Labute approximate surface area is 124 Å². The Morgan fingerprint density at radius 2 is 2.00 bits per heavy atom. The molecular formula is C14H21ClN2O3. The molecule has 0 atom stereocenters. The number of ether oxygens (including phenoxy) is 1. The Kier molecular flexibility index (Phi) is 6.23. The molecule has 0 unspecified atom stereocenters. The van der Waals surface area contributed by atoms with Gasteiger partial charge in [-0.25, -0.2) is 9.78 Å². The van der Waals surface area contributed by atoms with E-state index in [1.807, 2.05) is 0 Å². The van der Waals surface area contributed by atoms with Crippen molar-refractivity contribution in [2.75, 3.05) is 13.2 Å². The molecule has 0 bridgehead atoms. The van der Waals surface area contributed by atoms with Crippen molar-refractivity contribution in [2.45, 2.75) is 39.8 Å². The largest absolute Gasteiger partial charge is 0.478 e. The molecule has 1 N–H and O–H groups in total. The molecule has 0 radical (unpaired) electrons. The molecule has 0 aliphatic carbocycles. The van der Waals surface area contributed by atoms with E-state index in [9.17, 15) is 4.79 Å². The molecule has 112 valence electrons. The summed E-state index contributed by atoms with van der Waals surface area (Å²) in [5.41, 5.74) is 0.0494. The van der Waals surface area contributed by atoms with Crippen LogP contribution in [-0.4, -0.2) is 46.2 Å². The second-order valence-electron chi connectivity index (χ2n) is 5.09. The Hall–Kier alpha value is -1.33. The summed E-state index contributed by atoms with van der Waals surface area (Å²) in [4.78, 5) is 17.0. The Morgan fingerprint density at radius 3 is 2.45 bits per heavy atom. The highest BCUT2D eigenvalue weighted by Crippen LogP contribution is 2.22. The molecule has 0 saturated carbocycles. The van der Waals surface area contributed by atoms with E-state index in [0.717, 1.165) is 6.54 Å². The second-order valence-corrected chi connectivity index (χ2v) is 5.50. The van der Waals surface area contributed by atoms with Gasteiger partial charge in [0.15, 0.2) is 0 Å². The maximum Gasteiger partial charge on any atom is 0.337 e. The fraction of sp³-hybridized carbons (Fsp3) is 0.571. The predicted molar refractivity (Wildman–Crippen MR) is 78.7 cm³/mol. The van der Waals surface area contributed by atoms with Crippen molar-refractivity contribution >= 4 is 17.6 Å².